The number of benzene rings is 1. The van der Waals surface area contributed by atoms with Crippen LogP contribution in [0.3, 0.4) is 0 Å². The Labute approximate surface area is 119 Å². The van der Waals surface area contributed by atoms with E-state index in [2.05, 4.69) is 11.9 Å². The molecule has 0 aliphatic rings. The first kappa shape index (κ1) is 15.6. The van der Waals surface area contributed by atoms with Crippen LogP contribution < -0.4 is 5.32 Å². The smallest absolute Gasteiger partial charge is 0.331 e. The van der Waals surface area contributed by atoms with Crippen molar-refractivity contribution in [3.63, 3.8) is 0 Å². The number of carbonyl (C=O) groups excluding carboxylic acids is 1. The fraction of sp³-hybridized carbons (Fsp3) is 0.400. The zero-order valence-electron chi connectivity index (χ0n) is 11.4. The van der Waals surface area contributed by atoms with Crippen LogP contribution in [-0.4, -0.2) is 18.1 Å². The number of para-hydroxylation sites is 1. The Morgan fingerprint density at radius 1 is 1.53 bits per heavy atom. The maximum absolute atomic E-state index is 12.1. The summed E-state index contributed by atoms with van der Waals surface area (Å²) in [4.78, 5) is 12.1. The predicted octanol–water partition coefficient (Wildman–Crippen LogP) is 4.04. The Hall–Kier alpha value is -1.48. The number of rotatable bonds is 7. The van der Waals surface area contributed by atoms with Crippen molar-refractivity contribution in [3.8, 4) is 0 Å². The Kier molecular flexibility index (Phi) is 5.90. The maximum Gasteiger partial charge on any atom is 0.331 e. The number of halogens is 1. The summed E-state index contributed by atoms with van der Waals surface area (Å²) in [6, 6.07) is 7.34. The average molecular weight is 282 g/mol. The van der Waals surface area contributed by atoms with Gasteiger partial charge in [-0.15, -0.1) is 6.58 Å². The lowest BCUT2D eigenvalue weighted by Crippen LogP contribution is -2.44. The zero-order chi connectivity index (χ0) is 14.3. The quantitative estimate of drug-likeness (QED) is 0.605. The molecule has 19 heavy (non-hydrogen) atoms. The number of hydrogen-bond acceptors (Lipinski definition) is 3. The van der Waals surface area contributed by atoms with Gasteiger partial charge in [-0.3, -0.25) is 0 Å². The van der Waals surface area contributed by atoms with Gasteiger partial charge in [-0.2, -0.15) is 0 Å². The molecule has 0 saturated carbocycles. The molecule has 0 radical (unpaired) electrons. The van der Waals surface area contributed by atoms with Crippen molar-refractivity contribution < 1.29 is 9.53 Å². The van der Waals surface area contributed by atoms with E-state index in [9.17, 15) is 4.79 Å². The van der Waals surface area contributed by atoms with Gasteiger partial charge in [0.25, 0.3) is 0 Å². The molecule has 0 amide bonds. The Morgan fingerprint density at radius 2 is 2.21 bits per heavy atom. The summed E-state index contributed by atoms with van der Waals surface area (Å²) >= 11 is 6.11. The van der Waals surface area contributed by atoms with E-state index in [1.54, 1.807) is 19.1 Å². The SMILES string of the molecule is C=CCCC(C)(Nc1ccccc1Cl)C(=O)OCC. The highest BCUT2D eigenvalue weighted by molar-refractivity contribution is 6.33. The van der Waals surface area contributed by atoms with E-state index in [1.807, 2.05) is 25.1 Å². The highest BCUT2D eigenvalue weighted by Crippen LogP contribution is 2.27. The van der Waals surface area contributed by atoms with Crippen molar-refractivity contribution in [3.05, 3.63) is 41.9 Å². The molecule has 0 aromatic heterocycles. The van der Waals surface area contributed by atoms with E-state index in [4.69, 9.17) is 16.3 Å². The maximum atomic E-state index is 12.1. The van der Waals surface area contributed by atoms with Crippen LogP contribution in [-0.2, 0) is 9.53 Å². The minimum atomic E-state index is -0.810. The number of hydrogen-bond donors (Lipinski definition) is 1. The summed E-state index contributed by atoms with van der Waals surface area (Å²) in [5.41, 5.74) is -0.0846. The molecule has 1 atom stereocenters. The Morgan fingerprint density at radius 3 is 2.79 bits per heavy atom. The van der Waals surface area contributed by atoms with Gasteiger partial charge in [0.05, 0.1) is 17.3 Å². The second kappa shape index (κ2) is 7.19. The average Bonchev–Trinajstić information content (AvgIpc) is 2.39. The molecule has 0 bridgehead atoms. The van der Waals surface area contributed by atoms with E-state index >= 15 is 0 Å². The van der Waals surface area contributed by atoms with E-state index in [1.165, 1.54) is 0 Å². The first-order valence-corrected chi connectivity index (χ1v) is 6.72. The number of anilines is 1. The molecule has 1 aromatic carbocycles. The van der Waals surface area contributed by atoms with Gasteiger partial charge in [0.15, 0.2) is 0 Å². The third kappa shape index (κ3) is 4.28. The molecule has 104 valence electrons. The second-order valence-corrected chi connectivity index (χ2v) is 4.89. The minimum Gasteiger partial charge on any atom is -0.464 e. The molecule has 1 N–H and O–H groups in total. The van der Waals surface area contributed by atoms with Gasteiger partial charge in [0.2, 0.25) is 0 Å². The molecule has 4 heteroatoms. The summed E-state index contributed by atoms with van der Waals surface area (Å²) in [7, 11) is 0. The van der Waals surface area contributed by atoms with Crippen molar-refractivity contribution in [2.45, 2.75) is 32.2 Å². The van der Waals surface area contributed by atoms with E-state index in [0.717, 1.165) is 5.69 Å². The summed E-state index contributed by atoms with van der Waals surface area (Å²) < 4.78 is 5.14. The zero-order valence-corrected chi connectivity index (χ0v) is 12.2. The van der Waals surface area contributed by atoms with Crippen LogP contribution in [0.1, 0.15) is 26.7 Å². The van der Waals surface area contributed by atoms with Gasteiger partial charge in [-0.1, -0.05) is 29.8 Å². The molecule has 1 rings (SSSR count). The first-order chi connectivity index (χ1) is 9.03. The van der Waals surface area contributed by atoms with Crippen LogP contribution in [0.5, 0.6) is 0 Å². The normalized spacial score (nSPS) is 13.4. The van der Waals surface area contributed by atoms with E-state index < -0.39 is 5.54 Å². The molecule has 0 saturated heterocycles. The number of esters is 1. The van der Waals surface area contributed by atoms with Crippen molar-refractivity contribution >= 4 is 23.3 Å². The highest BCUT2D eigenvalue weighted by Gasteiger charge is 2.34. The number of allylic oxidation sites excluding steroid dienone is 1. The van der Waals surface area contributed by atoms with Gasteiger partial charge in [0, 0.05) is 0 Å². The fourth-order valence-corrected chi connectivity index (χ4v) is 1.94. The summed E-state index contributed by atoms with van der Waals surface area (Å²) in [6.07, 6.45) is 3.10. The largest absolute Gasteiger partial charge is 0.464 e. The van der Waals surface area contributed by atoms with Crippen molar-refractivity contribution in [1.29, 1.82) is 0 Å². The lowest BCUT2D eigenvalue weighted by atomic mass is 9.95. The lowest BCUT2D eigenvalue weighted by Gasteiger charge is -2.29. The van der Waals surface area contributed by atoms with Crippen molar-refractivity contribution in [2.75, 3.05) is 11.9 Å². The van der Waals surface area contributed by atoms with Crippen LogP contribution in [0.15, 0.2) is 36.9 Å². The molecular weight excluding hydrogens is 262 g/mol. The third-order valence-electron chi connectivity index (χ3n) is 2.86. The lowest BCUT2D eigenvalue weighted by molar-refractivity contribution is -0.148. The van der Waals surface area contributed by atoms with Gasteiger partial charge in [-0.05, 0) is 38.8 Å². The molecule has 0 spiro atoms. The number of ether oxygens (including phenoxy) is 1. The second-order valence-electron chi connectivity index (χ2n) is 4.48. The molecular formula is C15H20ClNO2. The number of nitrogens with one attached hydrogen (secondary N) is 1. The summed E-state index contributed by atoms with van der Waals surface area (Å²) in [5.74, 6) is -0.281. The molecule has 1 aromatic rings. The van der Waals surface area contributed by atoms with Gasteiger partial charge in [0.1, 0.15) is 5.54 Å². The molecule has 0 aliphatic heterocycles. The topological polar surface area (TPSA) is 38.3 Å². The molecule has 1 unspecified atom stereocenters. The molecule has 0 fully saturated rings. The van der Waals surface area contributed by atoms with Crippen LogP contribution in [0.2, 0.25) is 5.02 Å². The minimum absolute atomic E-state index is 0.281. The van der Waals surface area contributed by atoms with Crippen LogP contribution in [0.4, 0.5) is 5.69 Å². The van der Waals surface area contributed by atoms with Crippen molar-refractivity contribution in [1.82, 2.24) is 0 Å². The Bertz CT molecular complexity index is 448. The molecule has 3 nitrogen and oxygen atoms in total. The van der Waals surface area contributed by atoms with Crippen LogP contribution in [0.25, 0.3) is 0 Å². The van der Waals surface area contributed by atoms with Gasteiger partial charge in [-0.25, -0.2) is 4.79 Å². The number of carbonyl (C=O) groups is 1. The molecule has 0 aliphatic carbocycles. The van der Waals surface area contributed by atoms with E-state index in [0.29, 0.717) is 24.5 Å². The van der Waals surface area contributed by atoms with E-state index in [-0.39, 0.29) is 5.97 Å². The monoisotopic (exact) mass is 281 g/mol. The predicted molar refractivity (Wildman–Crippen MR) is 79.5 cm³/mol. The summed E-state index contributed by atoms with van der Waals surface area (Å²) in [5, 5.41) is 3.77. The Balaban J connectivity index is 2.93. The van der Waals surface area contributed by atoms with Gasteiger partial charge >= 0.3 is 5.97 Å². The molecule has 0 heterocycles. The highest BCUT2D eigenvalue weighted by atomic mass is 35.5. The van der Waals surface area contributed by atoms with Crippen LogP contribution in [0, 0.1) is 0 Å². The fourth-order valence-electron chi connectivity index (χ4n) is 1.76. The standard InChI is InChI=1S/C15H20ClNO2/c1-4-6-11-15(3,14(18)19-5-2)17-13-10-8-7-9-12(13)16/h4,7-10,17H,1,5-6,11H2,2-3H3. The third-order valence-corrected chi connectivity index (χ3v) is 3.19. The van der Waals surface area contributed by atoms with Crippen LogP contribution >= 0.6 is 11.6 Å². The first-order valence-electron chi connectivity index (χ1n) is 6.34. The summed E-state index contributed by atoms with van der Waals surface area (Å²) in [6.45, 7) is 7.65. The van der Waals surface area contributed by atoms with Crippen molar-refractivity contribution in [2.24, 2.45) is 0 Å². The van der Waals surface area contributed by atoms with Gasteiger partial charge < -0.3 is 10.1 Å².